The summed E-state index contributed by atoms with van der Waals surface area (Å²) in [6.07, 6.45) is 0. The molecule has 0 aliphatic rings. The molecule has 0 radical (unpaired) electrons. The van der Waals surface area contributed by atoms with Gasteiger partial charge in [0, 0.05) is 5.82 Å². The fraction of sp³-hybridized carbons (Fsp3) is 0. The molecule has 0 saturated heterocycles. The Balaban J connectivity index is -0.000000163. The molecule has 0 unspecified atom stereocenters. The van der Waals surface area contributed by atoms with Crippen molar-refractivity contribution < 1.29 is 16.8 Å². The molecule has 0 saturated carbocycles. The van der Waals surface area contributed by atoms with E-state index in [0.29, 0.717) is 0 Å². The number of rotatable bonds is 0. The van der Waals surface area contributed by atoms with Gasteiger partial charge in [0.2, 0.25) is 0 Å². The fourth-order valence-corrected chi connectivity index (χ4v) is 0.371. The Morgan fingerprint density at radius 1 is 1.40 bits per heavy atom. The maximum Gasteiger partial charge on any atom is 2.00 e. The fourth-order valence-electron chi connectivity index (χ4n) is 0.371. The zero-order valence-corrected chi connectivity index (χ0v) is 8.17. The van der Waals surface area contributed by atoms with E-state index in [1.54, 1.807) is 12.1 Å². The first-order valence-corrected chi connectivity index (χ1v) is 2.01. The van der Waals surface area contributed by atoms with Crippen LogP contribution in [0.15, 0.2) is 24.3 Å². The van der Waals surface area contributed by atoms with Crippen LogP contribution < -0.4 is 12.4 Å². The summed E-state index contributed by atoms with van der Waals surface area (Å²) in [6, 6.07) is 8.53. The minimum absolute atomic E-state index is 0. The zero-order chi connectivity index (χ0) is 5.11. The number of benzene rings is 1. The van der Waals surface area contributed by atoms with E-state index in [4.69, 9.17) is 0 Å². The van der Waals surface area contributed by atoms with Crippen LogP contribution in [0, 0.1) is 11.9 Å². The third-order valence-corrected chi connectivity index (χ3v) is 0.669. The maximum atomic E-state index is 11.9. The molecule has 0 bridgehead atoms. The van der Waals surface area contributed by atoms with Crippen LogP contribution >= 0.6 is 12.4 Å². The molecule has 0 aromatic heterocycles. The molecule has 0 heterocycles. The van der Waals surface area contributed by atoms with E-state index in [1.807, 2.05) is 0 Å². The first kappa shape index (κ1) is 16.8. The largest absolute Gasteiger partial charge is 2.00 e. The Bertz CT molecular complexity index is 146. The molecule has 4 heteroatoms. The smallest absolute Gasteiger partial charge is 1.00 e. The van der Waals surface area contributed by atoms with Crippen molar-refractivity contribution in [2.45, 2.75) is 0 Å². The molecule has 0 nitrogen and oxygen atoms in total. The van der Waals surface area contributed by atoms with E-state index in [0.717, 1.165) is 0 Å². The van der Waals surface area contributed by atoms with E-state index < -0.39 is 0 Å². The van der Waals surface area contributed by atoms with Gasteiger partial charge in [-0.05, 0) is 0 Å². The van der Waals surface area contributed by atoms with Gasteiger partial charge < -0.3 is 12.4 Å². The number of hydrogen-bond donors (Lipinski definition) is 0. The Morgan fingerprint density at radius 2 is 2.00 bits per heavy atom. The second-order valence-corrected chi connectivity index (χ2v) is 1.22. The quantitative estimate of drug-likeness (QED) is 0.352. The Kier molecular flexibility index (Phi) is 16.0. The average Bonchev–Trinajstić information content (AvgIpc) is 1.69. The predicted molar refractivity (Wildman–Crippen MR) is 38.2 cm³/mol. The third-order valence-electron chi connectivity index (χ3n) is 0.669. The minimum atomic E-state index is -0.234. The topological polar surface area (TPSA) is 0 Å². The van der Waals surface area contributed by atoms with Crippen molar-refractivity contribution in [3.63, 3.8) is 0 Å². The van der Waals surface area contributed by atoms with Crippen molar-refractivity contribution in [2.75, 3.05) is 0 Å². The molecule has 1 aromatic carbocycles. The predicted octanol–water partition coefficient (Wildman–Crippen LogP) is -1.33. The van der Waals surface area contributed by atoms with Gasteiger partial charge >= 0.3 is 23.1 Å². The van der Waals surface area contributed by atoms with Crippen LogP contribution in [-0.4, -0.2) is 23.1 Å². The molecule has 10 heavy (non-hydrogen) atoms. The van der Waals surface area contributed by atoms with Crippen LogP contribution in [0.25, 0.3) is 0 Å². The first-order valence-electron chi connectivity index (χ1n) is 2.01. The Hall–Kier alpha value is 0.496. The monoisotopic (exact) mass is 190 g/mol. The molecule has 1 rings (SSSR count). The molecule has 0 atom stereocenters. The summed E-state index contributed by atoms with van der Waals surface area (Å²) in [7, 11) is 0. The van der Waals surface area contributed by atoms with Crippen molar-refractivity contribution in [3.05, 3.63) is 36.1 Å². The van der Waals surface area contributed by atoms with E-state index in [1.165, 1.54) is 12.1 Å². The van der Waals surface area contributed by atoms with E-state index >= 15 is 0 Å². The summed E-state index contributed by atoms with van der Waals surface area (Å²) in [5.74, 6) is -0.234. The van der Waals surface area contributed by atoms with Gasteiger partial charge in [0.15, 0.2) is 0 Å². The third kappa shape index (κ3) is 6.61. The molecule has 0 amide bonds. The van der Waals surface area contributed by atoms with E-state index in [-0.39, 0.29) is 53.7 Å². The van der Waals surface area contributed by atoms with Gasteiger partial charge in [0.25, 0.3) is 0 Å². The normalized spacial score (nSPS) is 6.10. The molecular formula is C6H5Cl2FMg. The van der Waals surface area contributed by atoms with Gasteiger partial charge in [0.05, 0.1) is 0 Å². The van der Waals surface area contributed by atoms with Gasteiger partial charge in [-0.15, -0.1) is 24.5 Å². The maximum absolute atomic E-state index is 11.9. The van der Waals surface area contributed by atoms with Crippen LogP contribution in [0.5, 0.6) is 0 Å². The Labute approximate surface area is 88.2 Å². The molecule has 0 aliphatic carbocycles. The second-order valence-electron chi connectivity index (χ2n) is 1.22. The minimum Gasteiger partial charge on any atom is -1.00 e. The van der Waals surface area contributed by atoms with Crippen molar-refractivity contribution in [1.29, 1.82) is 0 Å². The molecule has 52 valence electrons. The van der Waals surface area contributed by atoms with E-state index in [9.17, 15) is 4.39 Å². The second kappa shape index (κ2) is 9.50. The van der Waals surface area contributed by atoms with Crippen molar-refractivity contribution >= 4 is 35.5 Å². The standard InChI is InChI=1S/C6H4F.2ClH.Mg/c7-6-4-2-1-3-5-6;;;/h1-2,4-5H;2*1H;/q-1;;;+2/p-1. The molecule has 0 spiro atoms. The van der Waals surface area contributed by atoms with Crippen LogP contribution in [-0.2, 0) is 0 Å². The molecule has 1 aromatic rings. The van der Waals surface area contributed by atoms with Gasteiger partial charge in [-0.3, -0.25) is 4.39 Å². The molecule has 0 N–H and O–H groups in total. The van der Waals surface area contributed by atoms with Crippen LogP contribution in [0.3, 0.4) is 0 Å². The SMILES string of the molecule is Cl.Fc1c[c-]ccc1.[Cl-].[Mg+2]. The number of halogens is 3. The summed E-state index contributed by atoms with van der Waals surface area (Å²) in [5.41, 5.74) is 0. The molecular weight excluding hydrogens is 186 g/mol. The molecule has 0 aliphatic heterocycles. The summed E-state index contributed by atoms with van der Waals surface area (Å²) in [6.45, 7) is 0. The summed E-state index contributed by atoms with van der Waals surface area (Å²) in [4.78, 5) is 0. The van der Waals surface area contributed by atoms with Crippen LogP contribution in [0.4, 0.5) is 4.39 Å². The first-order chi connectivity index (χ1) is 3.39. The van der Waals surface area contributed by atoms with Crippen molar-refractivity contribution in [2.24, 2.45) is 0 Å². The van der Waals surface area contributed by atoms with Crippen molar-refractivity contribution in [3.8, 4) is 0 Å². The van der Waals surface area contributed by atoms with Crippen LogP contribution in [0.2, 0.25) is 0 Å². The summed E-state index contributed by atoms with van der Waals surface area (Å²) in [5, 5.41) is 0. The molecule has 0 fully saturated rings. The summed E-state index contributed by atoms with van der Waals surface area (Å²) >= 11 is 0. The van der Waals surface area contributed by atoms with E-state index in [2.05, 4.69) is 6.07 Å². The van der Waals surface area contributed by atoms with Gasteiger partial charge in [-0.2, -0.15) is 18.2 Å². The Morgan fingerprint density at radius 3 is 2.20 bits per heavy atom. The summed E-state index contributed by atoms with van der Waals surface area (Å²) < 4.78 is 11.9. The van der Waals surface area contributed by atoms with Crippen molar-refractivity contribution in [1.82, 2.24) is 0 Å². The van der Waals surface area contributed by atoms with Gasteiger partial charge in [0.1, 0.15) is 0 Å². The van der Waals surface area contributed by atoms with Gasteiger partial charge in [-0.1, -0.05) is 0 Å². The zero-order valence-electron chi connectivity index (χ0n) is 5.18. The average molecular weight is 191 g/mol. The van der Waals surface area contributed by atoms with Crippen LogP contribution in [0.1, 0.15) is 0 Å². The van der Waals surface area contributed by atoms with Gasteiger partial charge in [-0.25, -0.2) is 0 Å². The number of hydrogen-bond acceptors (Lipinski definition) is 0.